The molecule has 0 bridgehead atoms. The maximum atomic E-state index is 12.6. The van der Waals surface area contributed by atoms with Gasteiger partial charge in [0.2, 0.25) is 0 Å². The molecule has 1 saturated heterocycles. The van der Waals surface area contributed by atoms with Gasteiger partial charge < -0.3 is 15.3 Å². The van der Waals surface area contributed by atoms with Gasteiger partial charge in [-0.1, -0.05) is 6.92 Å². The second-order valence-electron chi connectivity index (χ2n) is 5.32. The van der Waals surface area contributed by atoms with Crippen molar-refractivity contribution in [3.8, 4) is 0 Å². The van der Waals surface area contributed by atoms with Gasteiger partial charge in [0.15, 0.2) is 0 Å². The number of carbonyl (C=O) groups excluding carboxylic acids is 1. The molecule has 2 heterocycles. The van der Waals surface area contributed by atoms with Crippen molar-refractivity contribution in [1.29, 1.82) is 0 Å². The van der Waals surface area contributed by atoms with Gasteiger partial charge in [-0.3, -0.25) is 9.78 Å². The number of nitrogens with one attached hydrogen (secondary N) is 1. The Balaban J connectivity index is 2.16. The number of aliphatic hydroxyl groups excluding tert-OH is 1. The molecule has 20 heavy (non-hydrogen) atoms. The normalized spacial score (nSPS) is 16.2. The summed E-state index contributed by atoms with van der Waals surface area (Å²) in [5, 5.41) is 12.8. The van der Waals surface area contributed by atoms with Gasteiger partial charge in [-0.05, 0) is 32.3 Å². The van der Waals surface area contributed by atoms with Crippen molar-refractivity contribution in [3.63, 3.8) is 0 Å². The monoisotopic (exact) mass is 277 g/mol. The Bertz CT molecular complexity index is 468. The molecule has 1 aromatic rings. The summed E-state index contributed by atoms with van der Waals surface area (Å²) in [5.74, 6) is 0.00278. The topological polar surface area (TPSA) is 65.5 Å². The zero-order valence-corrected chi connectivity index (χ0v) is 12.2. The van der Waals surface area contributed by atoms with E-state index in [0.29, 0.717) is 31.5 Å². The number of carbonyl (C=O) groups is 1. The van der Waals surface area contributed by atoms with Crippen molar-refractivity contribution < 1.29 is 9.90 Å². The summed E-state index contributed by atoms with van der Waals surface area (Å²) in [4.78, 5) is 18.6. The fourth-order valence-corrected chi connectivity index (χ4v) is 2.38. The van der Waals surface area contributed by atoms with Gasteiger partial charge in [0.1, 0.15) is 0 Å². The third kappa shape index (κ3) is 3.48. The van der Waals surface area contributed by atoms with E-state index in [0.717, 1.165) is 24.3 Å². The van der Waals surface area contributed by atoms with Crippen molar-refractivity contribution >= 4 is 11.6 Å². The van der Waals surface area contributed by atoms with Gasteiger partial charge in [-0.25, -0.2) is 0 Å². The maximum absolute atomic E-state index is 12.6. The second kappa shape index (κ2) is 6.70. The average molecular weight is 277 g/mol. The number of rotatable bonds is 4. The predicted octanol–water partition coefficient (Wildman–Crippen LogP) is 1.81. The van der Waals surface area contributed by atoms with E-state index in [2.05, 4.69) is 17.2 Å². The maximum Gasteiger partial charge on any atom is 0.257 e. The lowest BCUT2D eigenvalue weighted by Crippen LogP contribution is -2.40. The molecule has 0 atom stereocenters. The third-order valence-corrected chi connectivity index (χ3v) is 3.59. The highest BCUT2D eigenvalue weighted by molar-refractivity contribution is 5.99. The molecule has 1 aromatic heterocycles. The van der Waals surface area contributed by atoms with Crippen molar-refractivity contribution in [1.82, 2.24) is 9.88 Å². The molecule has 5 heteroatoms. The first-order chi connectivity index (χ1) is 9.61. The molecule has 0 saturated carbocycles. The second-order valence-corrected chi connectivity index (χ2v) is 5.32. The van der Waals surface area contributed by atoms with Crippen LogP contribution in [0.4, 0.5) is 5.69 Å². The molecule has 0 aromatic carbocycles. The highest BCUT2D eigenvalue weighted by Gasteiger charge is 2.24. The highest BCUT2D eigenvalue weighted by atomic mass is 16.3. The van der Waals surface area contributed by atoms with E-state index in [9.17, 15) is 9.90 Å². The standard InChI is InChI=1S/C15H23N3O2/c1-3-6-16-14-9-11(2)17-10-13(14)15(20)18-7-4-12(19)5-8-18/h9-10,12,19H,3-8H2,1-2H3,(H,16,17). The lowest BCUT2D eigenvalue weighted by molar-refractivity contribution is 0.0547. The van der Waals surface area contributed by atoms with E-state index in [-0.39, 0.29) is 12.0 Å². The minimum absolute atomic E-state index is 0.00278. The number of pyridine rings is 1. The number of piperidine rings is 1. The van der Waals surface area contributed by atoms with Crippen LogP contribution in [0.5, 0.6) is 0 Å². The van der Waals surface area contributed by atoms with Crippen LogP contribution in [-0.4, -0.2) is 46.6 Å². The molecule has 110 valence electrons. The van der Waals surface area contributed by atoms with Crippen molar-refractivity contribution in [2.75, 3.05) is 25.0 Å². The van der Waals surface area contributed by atoms with Crippen molar-refractivity contribution in [2.24, 2.45) is 0 Å². The molecule has 2 rings (SSSR count). The van der Waals surface area contributed by atoms with Crippen LogP contribution in [0.3, 0.4) is 0 Å². The first-order valence-corrected chi connectivity index (χ1v) is 7.29. The van der Waals surface area contributed by atoms with Gasteiger partial charge in [-0.15, -0.1) is 0 Å². The van der Waals surface area contributed by atoms with Crippen LogP contribution in [-0.2, 0) is 0 Å². The number of likely N-dealkylation sites (tertiary alicyclic amines) is 1. The van der Waals surface area contributed by atoms with Crippen LogP contribution in [0.1, 0.15) is 42.2 Å². The van der Waals surface area contributed by atoms with E-state index in [4.69, 9.17) is 0 Å². The lowest BCUT2D eigenvalue weighted by atomic mass is 10.1. The fourth-order valence-electron chi connectivity index (χ4n) is 2.38. The lowest BCUT2D eigenvalue weighted by Gasteiger charge is -2.30. The number of nitrogens with zero attached hydrogens (tertiary/aromatic N) is 2. The summed E-state index contributed by atoms with van der Waals surface area (Å²) in [6, 6.07) is 1.92. The largest absolute Gasteiger partial charge is 0.393 e. The summed E-state index contributed by atoms with van der Waals surface area (Å²) in [6.07, 6.45) is 3.70. The molecular weight excluding hydrogens is 254 g/mol. The van der Waals surface area contributed by atoms with Gasteiger partial charge in [0.25, 0.3) is 5.91 Å². The van der Waals surface area contributed by atoms with Gasteiger partial charge >= 0.3 is 0 Å². The van der Waals surface area contributed by atoms with Crippen LogP contribution < -0.4 is 5.32 Å². The van der Waals surface area contributed by atoms with Gasteiger partial charge in [0, 0.05) is 31.5 Å². The predicted molar refractivity (Wildman–Crippen MR) is 78.9 cm³/mol. The molecule has 0 radical (unpaired) electrons. The Hall–Kier alpha value is -1.62. The third-order valence-electron chi connectivity index (χ3n) is 3.59. The Morgan fingerprint density at radius 3 is 2.85 bits per heavy atom. The summed E-state index contributed by atoms with van der Waals surface area (Å²) in [6.45, 7) is 6.07. The summed E-state index contributed by atoms with van der Waals surface area (Å²) in [7, 11) is 0. The number of hydrogen-bond donors (Lipinski definition) is 2. The Labute approximate surface area is 120 Å². The number of aliphatic hydroxyl groups is 1. The van der Waals surface area contributed by atoms with E-state index >= 15 is 0 Å². The van der Waals surface area contributed by atoms with Gasteiger partial charge in [0.05, 0.1) is 17.4 Å². The molecule has 1 amide bonds. The minimum atomic E-state index is -0.270. The van der Waals surface area contributed by atoms with E-state index in [1.807, 2.05) is 13.0 Å². The minimum Gasteiger partial charge on any atom is -0.393 e. The Morgan fingerprint density at radius 1 is 1.50 bits per heavy atom. The SMILES string of the molecule is CCCNc1cc(C)ncc1C(=O)N1CCC(O)CC1. The van der Waals surface area contributed by atoms with E-state index < -0.39 is 0 Å². The molecular formula is C15H23N3O2. The molecule has 1 aliphatic rings. The number of aromatic nitrogens is 1. The number of amides is 1. The molecule has 1 fully saturated rings. The number of hydrogen-bond acceptors (Lipinski definition) is 4. The average Bonchev–Trinajstić information content (AvgIpc) is 2.45. The van der Waals surface area contributed by atoms with Crippen LogP contribution >= 0.6 is 0 Å². The van der Waals surface area contributed by atoms with Crippen molar-refractivity contribution in [3.05, 3.63) is 23.5 Å². The Morgan fingerprint density at radius 2 is 2.20 bits per heavy atom. The zero-order valence-electron chi connectivity index (χ0n) is 12.2. The van der Waals surface area contributed by atoms with Gasteiger partial charge in [-0.2, -0.15) is 0 Å². The summed E-state index contributed by atoms with van der Waals surface area (Å²) < 4.78 is 0. The molecule has 2 N–H and O–H groups in total. The quantitative estimate of drug-likeness (QED) is 0.881. The fraction of sp³-hybridized carbons (Fsp3) is 0.600. The van der Waals surface area contributed by atoms with E-state index in [1.165, 1.54) is 0 Å². The van der Waals surface area contributed by atoms with Crippen LogP contribution in [0.25, 0.3) is 0 Å². The van der Waals surface area contributed by atoms with E-state index in [1.54, 1.807) is 11.1 Å². The molecule has 1 aliphatic heterocycles. The first kappa shape index (κ1) is 14.8. The number of aryl methyl sites for hydroxylation is 1. The first-order valence-electron chi connectivity index (χ1n) is 7.29. The van der Waals surface area contributed by atoms with Crippen LogP contribution in [0.15, 0.2) is 12.3 Å². The molecule has 5 nitrogen and oxygen atoms in total. The zero-order chi connectivity index (χ0) is 14.5. The molecule has 0 aliphatic carbocycles. The van der Waals surface area contributed by atoms with Crippen LogP contribution in [0, 0.1) is 6.92 Å². The highest BCUT2D eigenvalue weighted by Crippen LogP contribution is 2.20. The Kier molecular flexibility index (Phi) is 4.95. The summed E-state index contributed by atoms with van der Waals surface area (Å²) >= 11 is 0. The van der Waals surface area contributed by atoms with Crippen molar-refractivity contribution in [2.45, 2.75) is 39.2 Å². The smallest absolute Gasteiger partial charge is 0.257 e. The number of anilines is 1. The summed E-state index contributed by atoms with van der Waals surface area (Å²) in [5.41, 5.74) is 2.38. The molecule has 0 unspecified atom stereocenters. The molecule has 0 spiro atoms. The van der Waals surface area contributed by atoms with Crippen LogP contribution in [0.2, 0.25) is 0 Å².